The topological polar surface area (TPSA) is 43.8 Å². The summed E-state index contributed by atoms with van der Waals surface area (Å²) in [7, 11) is 3.46. The summed E-state index contributed by atoms with van der Waals surface area (Å²) in [5.74, 6) is 0. The van der Waals surface area contributed by atoms with Gasteiger partial charge >= 0.3 is 0 Å². The van der Waals surface area contributed by atoms with Gasteiger partial charge in [0.05, 0.1) is 11.7 Å². The molecule has 2 N–H and O–H groups in total. The summed E-state index contributed by atoms with van der Waals surface area (Å²) in [6.07, 6.45) is 2.95. The summed E-state index contributed by atoms with van der Waals surface area (Å²) in [5, 5.41) is 5.74. The molecule has 1 atom stereocenters. The molecule has 2 rings (SSSR count). The van der Waals surface area contributed by atoms with Crippen molar-refractivity contribution >= 4 is 23.5 Å². The summed E-state index contributed by atoms with van der Waals surface area (Å²) in [6.45, 7) is 2.14. The molecule has 88 valence electrons. The molecule has 1 aromatic heterocycles. The normalized spacial score (nSPS) is 12.1. The van der Waals surface area contributed by atoms with E-state index in [2.05, 4.69) is 48.6 Å². The molecular formula is C12H19N3S. The predicted molar refractivity (Wildman–Crippen MR) is 72.8 cm³/mol. The fraction of sp³-hybridized carbons (Fsp3) is 0.417. The van der Waals surface area contributed by atoms with E-state index >= 15 is 0 Å². The lowest BCUT2D eigenvalue weighted by molar-refractivity contribution is 0.797. The molecule has 1 heterocycles. The van der Waals surface area contributed by atoms with Crippen LogP contribution in [-0.2, 0) is 7.05 Å². The summed E-state index contributed by atoms with van der Waals surface area (Å²) in [6, 6.07) is 6.41. The molecule has 2 aromatic rings. The molecular weight excluding hydrogens is 218 g/mol. The summed E-state index contributed by atoms with van der Waals surface area (Å²) < 4.78 is 1.89. The van der Waals surface area contributed by atoms with Crippen molar-refractivity contribution in [3.63, 3.8) is 0 Å². The Labute approximate surface area is 102 Å². The van der Waals surface area contributed by atoms with E-state index in [1.165, 1.54) is 23.5 Å². The zero-order valence-electron chi connectivity index (χ0n) is 10.0. The minimum atomic E-state index is 0.333. The predicted octanol–water partition coefficient (Wildman–Crippen LogP) is 2.53. The van der Waals surface area contributed by atoms with Crippen LogP contribution in [0.2, 0.25) is 0 Å². The average molecular weight is 237 g/mol. The first-order valence-corrected chi connectivity index (χ1v) is 5.91. The summed E-state index contributed by atoms with van der Waals surface area (Å²) >= 11 is 4.52. The van der Waals surface area contributed by atoms with Crippen LogP contribution in [0, 0.1) is 0 Å². The molecule has 0 aliphatic heterocycles. The van der Waals surface area contributed by atoms with Crippen LogP contribution in [0.5, 0.6) is 0 Å². The van der Waals surface area contributed by atoms with Crippen molar-refractivity contribution < 1.29 is 0 Å². The second-order valence-corrected chi connectivity index (χ2v) is 4.13. The second kappa shape index (κ2) is 5.92. The lowest BCUT2D eigenvalue weighted by Gasteiger charge is -2.07. The van der Waals surface area contributed by atoms with Crippen molar-refractivity contribution in [2.75, 3.05) is 7.05 Å². The number of hydrogen-bond donors (Lipinski definition) is 2. The van der Waals surface area contributed by atoms with Gasteiger partial charge in [-0.1, -0.05) is 13.0 Å². The van der Waals surface area contributed by atoms with Crippen LogP contribution in [0.4, 0.5) is 0 Å². The van der Waals surface area contributed by atoms with Gasteiger partial charge in [0.15, 0.2) is 0 Å². The highest BCUT2D eigenvalue weighted by atomic mass is 32.1. The molecule has 0 bridgehead atoms. The number of benzene rings is 1. The number of hydrogen-bond acceptors (Lipinski definition) is 3. The van der Waals surface area contributed by atoms with E-state index in [9.17, 15) is 0 Å². The maximum atomic E-state index is 4.52. The number of aryl methyl sites for hydroxylation is 1. The Hall–Kier alpha value is -1.00. The number of rotatable bonds is 2. The minimum absolute atomic E-state index is 0.333. The monoisotopic (exact) mass is 237 g/mol. The van der Waals surface area contributed by atoms with Gasteiger partial charge in [-0.2, -0.15) is 17.7 Å². The maximum Gasteiger partial charge on any atom is 0.0679 e. The Morgan fingerprint density at radius 1 is 1.44 bits per heavy atom. The number of aromatic nitrogens is 2. The molecule has 16 heavy (non-hydrogen) atoms. The largest absolute Gasteiger partial charge is 0.333 e. The third kappa shape index (κ3) is 2.57. The van der Waals surface area contributed by atoms with Gasteiger partial charge in [0.1, 0.15) is 0 Å². The van der Waals surface area contributed by atoms with Gasteiger partial charge in [-0.3, -0.25) is 4.68 Å². The number of nitrogens with two attached hydrogens (primary N) is 1. The highest BCUT2D eigenvalue weighted by molar-refractivity contribution is 7.80. The van der Waals surface area contributed by atoms with Gasteiger partial charge in [-0.05, 0) is 31.2 Å². The molecule has 4 heteroatoms. The molecule has 3 nitrogen and oxygen atoms in total. The summed E-state index contributed by atoms with van der Waals surface area (Å²) in [5.41, 5.74) is 6.95. The fourth-order valence-corrected chi connectivity index (χ4v) is 1.79. The van der Waals surface area contributed by atoms with Crippen molar-refractivity contribution in [1.82, 2.24) is 9.78 Å². The quantitative estimate of drug-likeness (QED) is 0.788. The Morgan fingerprint density at radius 2 is 2.12 bits per heavy atom. The molecule has 0 saturated heterocycles. The molecule has 1 aromatic carbocycles. The Bertz CT molecular complexity index is 450. The van der Waals surface area contributed by atoms with Crippen LogP contribution in [0.1, 0.15) is 24.2 Å². The van der Waals surface area contributed by atoms with Gasteiger partial charge in [0.25, 0.3) is 0 Å². The SMILES string of the molecule is CCC(S)c1ccc2c(cnn2C)c1.CN. The van der Waals surface area contributed by atoms with Crippen LogP contribution >= 0.6 is 12.6 Å². The Balaban J connectivity index is 0.000000606. The highest BCUT2D eigenvalue weighted by Crippen LogP contribution is 2.26. The number of fused-ring (bicyclic) bond motifs is 1. The van der Waals surface area contributed by atoms with Gasteiger partial charge < -0.3 is 5.73 Å². The minimum Gasteiger partial charge on any atom is -0.333 e. The average Bonchev–Trinajstić information content (AvgIpc) is 2.72. The highest BCUT2D eigenvalue weighted by Gasteiger charge is 2.05. The van der Waals surface area contributed by atoms with Crippen molar-refractivity contribution in [3.05, 3.63) is 30.0 Å². The van der Waals surface area contributed by atoms with Gasteiger partial charge in [-0.15, -0.1) is 0 Å². The molecule has 0 amide bonds. The van der Waals surface area contributed by atoms with E-state index in [1.807, 2.05) is 17.9 Å². The fourth-order valence-electron chi connectivity index (χ4n) is 1.63. The zero-order chi connectivity index (χ0) is 12.1. The van der Waals surface area contributed by atoms with E-state index in [1.54, 1.807) is 0 Å². The van der Waals surface area contributed by atoms with Crippen LogP contribution < -0.4 is 5.73 Å². The Kier molecular flexibility index (Phi) is 4.83. The maximum absolute atomic E-state index is 4.52. The molecule has 0 aliphatic carbocycles. The smallest absolute Gasteiger partial charge is 0.0679 e. The lowest BCUT2D eigenvalue weighted by Crippen LogP contribution is -1.90. The molecule has 1 unspecified atom stereocenters. The summed E-state index contributed by atoms with van der Waals surface area (Å²) in [4.78, 5) is 0. The van der Waals surface area contributed by atoms with Gasteiger partial charge in [-0.25, -0.2) is 0 Å². The van der Waals surface area contributed by atoms with Crippen molar-refractivity contribution in [1.29, 1.82) is 0 Å². The first-order valence-electron chi connectivity index (χ1n) is 5.40. The van der Waals surface area contributed by atoms with Crippen molar-refractivity contribution in [3.8, 4) is 0 Å². The standard InChI is InChI=1S/C11H14N2S.CH5N/c1-3-11(14)8-4-5-10-9(6-8)7-12-13(10)2;1-2/h4-7,11,14H,3H2,1-2H3;2H2,1H3. The van der Waals surface area contributed by atoms with E-state index < -0.39 is 0 Å². The van der Waals surface area contributed by atoms with Gasteiger partial charge in [0, 0.05) is 17.7 Å². The second-order valence-electron chi connectivity index (χ2n) is 3.51. The number of thiol groups is 1. The van der Waals surface area contributed by atoms with Crippen LogP contribution in [0.15, 0.2) is 24.4 Å². The van der Waals surface area contributed by atoms with Crippen LogP contribution in [-0.4, -0.2) is 16.8 Å². The first kappa shape index (κ1) is 13.1. The molecule has 0 radical (unpaired) electrons. The Morgan fingerprint density at radius 3 is 2.75 bits per heavy atom. The van der Waals surface area contributed by atoms with E-state index in [0.717, 1.165) is 6.42 Å². The third-order valence-electron chi connectivity index (χ3n) is 2.54. The molecule has 0 aliphatic rings. The van der Waals surface area contributed by atoms with Crippen LogP contribution in [0.25, 0.3) is 10.9 Å². The van der Waals surface area contributed by atoms with Crippen molar-refractivity contribution in [2.45, 2.75) is 18.6 Å². The molecule has 0 spiro atoms. The lowest BCUT2D eigenvalue weighted by atomic mass is 10.1. The zero-order valence-corrected chi connectivity index (χ0v) is 10.9. The van der Waals surface area contributed by atoms with Crippen molar-refractivity contribution in [2.24, 2.45) is 12.8 Å². The number of nitrogens with zero attached hydrogens (tertiary/aromatic N) is 2. The van der Waals surface area contributed by atoms with Crippen LogP contribution in [0.3, 0.4) is 0 Å². The van der Waals surface area contributed by atoms with E-state index in [4.69, 9.17) is 0 Å². The van der Waals surface area contributed by atoms with E-state index in [0.29, 0.717) is 5.25 Å². The van der Waals surface area contributed by atoms with E-state index in [-0.39, 0.29) is 0 Å². The third-order valence-corrected chi connectivity index (χ3v) is 3.21. The molecule has 0 saturated carbocycles. The first-order chi connectivity index (χ1) is 7.72. The molecule has 0 fully saturated rings. The van der Waals surface area contributed by atoms with Gasteiger partial charge in [0.2, 0.25) is 0 Å².